The van der Waals surface area contributed by atoms with Gasteiger partial charge in [0.15, 0.2) is 0 Å². The molecule has 1 unspecified atom stereocenters. The van der Waals surface area contributed by atoms with E-state index in [0.29, 0.717) is 13.0 Å². The maximum absolute atomic E-state index is 12.3. The fourth-order valence-corrected chi connectivity index (χ4v) is 1.70. The topological polar surface area (TPSA) is 9.23 Å². The van der Waals surface area contributed by atoms with E-state index in [1.54, 1.807) is 0 Å². The molecule has 13 heavy (non-hydrogen) atoms. The lowest BCUT2D eigenvalue weighted by molar-refractivity contribution is 0.0132. The second-order valence-corrected chi connectivity index (χ2v) is 3.56. The van der Waals surface area contributed by atoms with Crippen molar-refractivity contribution in [1.82, 2.24) is 0 Å². The molecule has 2 heteroatoms. The molecule has 1 aromatic rings. The Bertz CT molecular complexity index is 309. The van der Waals surface area contributed by atoms with E-state index in [1.165, 1.54) is 16.7 Å². The number of ether oxygens (including phenoxy) is 1. The largest absolute Gasteiger partial charge is 0.370 e. The van der Waals surface area contributed by atoms with Gasteiger partial charge < -0.3 is 4.74 Å². The predicted molar refractivity (Wildman–Crippen MR) is 49.4 cm³/mol. The van der Waals surface area contributed by atoms with Crippen molar-refractivity contribution in [1.29, 1.82) is 0 Å². The van der Waals surface area contributed by atoms with Gasteiger partial charge in [0.25, 0.3) is 0 Å². The van der Waals surface area contributed by atoms with Crippen molar-refractivity contribution in [3.05, 3.63) is 34.9 Å². The highest BCUT2D eigenvalue weighted by molar-refractivity contribution is 5.32. The molecule has 0 aliphatic carbocycles. The first kappa shape index (κ1) is 8.70. The normalized spacial score (nSPS) is 21.2. The average molecular weight is 180 g/mol. The number of halogens is 1. The van der Waals surface area contributed by atoms with Gasteiger partial charge in [-0.3, -0.25) is 0 Å². The summed E-state index contributed by atoms with van der Waals surface area (Å²) in [6.07, 6.45) is 0.488. The zero-order chi connectivity index (χ0) is 9.26. The lowest BCUT2D eigenvalue weighted by Gasteiger charge is -2.23. The highest BCUT2D eigenvalue weighted by atomic mass is 19.1. The second kappa shape index (κ2) is 3.46. The van der Waals surface area contributed by atoms with Gasteiger partial charge in [-0.15, -0.1) is 0 Å². The monoisotopic (exact) mass is 180 g/mol. The van der Waals surface area contributed by atoms with E-state index in [-0.39, 0.29) is 12.8 Å². The van der Waals surface area contributed by atoms with Crippen LogP contribution in [-0.2, 0) is 17.8 Å². The summed E-state index contributed by atoms with van der Waals surface area (Å²) < 4.78 is 17.7. The molecule has 2 rings (SSSR count). The fourth-order valence-electron chi connectivity index (χ4n) is 1.70. The Morgan fingerprint density at radius 3 is 3.08 bits per heavy atom. The van der Waals surface area contributed by atoms with E-state index in [1.807, 2.05) is 0 Å². The van der Waals surface area contributed by atoms with E-state index in [2.05, 4.69) is 25.1 Å². The molecule has 1 atom stereocenters. The van der Waals surface area contributed by atoms with Crippen molar-refractivity contribution >= 4 is 0 Å². The lowest BCUT2D eigenvalue weighted by Crippen LogP contribution is -2.24. The smallest absolute Gasteiger partial charge is 0.116 e. The number of alkyl halides is 1. The SMILES string of the molecule is Cc1ccc2c(c1)COC(CF)C2. The highest BCUT2D eigenvalue weighted by Gasteiger charge is 2.18. The van der Waals surface area contributed by atoms with Gasteiger partial charge in [-0.05, 0) is 18.1 Å². The van der Waals surface area contributed by atoms with Crippen molar-refractivity contribution in [2.45, 2.75) is 26.1 Å². The van der Waals surface area contributed by atoms with Crippen LogP contribution in [0.5, 0.6) is 0 Å². The molecule has 1 aliphatic heterocycles. The standard InChI is InChI=1S/C11H13FO/c1-8-2-3-9-5-11(6-12)13-7-10(9)4-8/h2-4,11H,5-7H2,1H3. The van der Waals surface area contributed by atoms with E-state index >= 15 is 0 Å². The van der Waals surface area contributed by atoms with Crippen LogP contribution in [-0.4, -0.2) is 12.8 Å². The molecule has 0 spiro atoms. The summed E-state index contributed by atoms with van der Waals surface area (Å²) in [7, 11) is 0. The summed E-state index contributed by atoms with van der Waals surface area (Å²) in [6, 6.07) is 6.26. The maximum atomic E-state index is 12.3. The average Bonchev–Trinajstić information content (AvgIpc) is 2.17. The van der Waals surface area contributed by atoms with Crippen molar-refractivity contribution in [3.8, 4) is 0 Å². The molecular formula is C11H13FO. The summed E-state index contributed by atoms with van der Waals surface area (Å²) in [5.41, 5.74) is 3.69. The van der Waals surface area contributed by atoms with Gasteiger partial charge in [-0.1, -0.05) is 23.8 Å². The number of benzene rings is 1. The lowest BCUT2D eigenvalue weighted by atomic mass is 9.98. The van der Waals surface area contributed by atoms with Gasteiger partial charge in [0.2, 0.25) is 0 Å². The Morgan fingerprint density at radius 2 is 2.31 bits per heavy atom. The molecule has 0 bridgehead atoms. The molecule has 0 aromatic heterocycles. The third-order valence-electron chi connectivity index (χ3n) is 2.46. The number of aryl methyl sites for hydroxylation is 1. The summed E-state index contributed by atoms with van der Waals surface area (Å²) in [4.78, 5) is 0. The van der Waals surface area contributed by atoms with Gasteiger partial charge in [-0.2, -0.15) is 0 Å². The fraction of sp³-hybridized carbons (Fsp3) is 0.455. The minimum absolute atomic E-state index is 0.227. The van der Waals surface area contributed by atoms with Crippen LogP contribution >= 0.6 is 0 Å². The predicted octanol–water partition coefficient (Wildman–Crippen LogP) is 2.41. The third kappa shape index (κ3) is 1.73. The Hall–Kier alpha value is -0.890. The number of rotatable bonds is 1. The summed E-state index contributed by atoms with van der Waals surface area (Å²) in [6.45, 7) is 2.24. The molecule has 0 saturated carbocycles. The van der Waals surface area contributed by atoms with Gasteiger partial charge >= 0.3 is 0 Å². The molecule has 0 N–H and O–H groups in total. The molecule has 0 saturated heterocycles. The maximum Gasteiger partial charge on any atom is 0.116 e. The van der Waals surface area contributed by atoms with Gasteiger partial charge in [-0.25, -0.2) is 4.39 Å². The van der Waals surface area contributed by atoms with Gasteiger partial charge in [0.1, 0.15) is 6.67 Å². The van der Waals surface area contributed by atoms with Gasteiger partial charge in [0, 0.05) is 6.42 Å². The Morgan fingerprint density at radius 1 is 1.46 bits per heavy atom. The Labute approximate surface area is 77.5 Å². The van der Waals surface area contributed by atoms with Crippen LogP contribution in [0.3, 0.4) is 0 Å². The third-order valence-corrected chi connectivity index (χ3v) is 2.46. The number of hydrogen-bond acceptors (Lipinski definition) is 1. The minimum Gasteiger partial charge on any atom is -0.370 e. The molecule has 0 fully saturated rings. The quantitative estimate of drug-likeness (QED) is 0.644. The van der Waals surface area contributed by atoms with Crippen LogP contribution < -0.4 is 0 Å². The molecule has 1 heterocycles. The first-order chi connectivity index (χ1) is 6.29. The van der Waals surface area contributed by atoms with Crippen molar-refractivity contribution in [2.75, 3.05) is 6.67 Å². The van der Waals surface area contributed by atoms with Crippen LogP contribution in [0.4, 0.5) is 4.39 Å². The Kier molecular flexibility index (Phi) is 2.32. The summed E-state index contributed by atoms with van der Waals surface area (Å²) in [5.74, 6) is 0. The van der Waals surface area contributed by atoms with E-state index in [9.17, 15) is 4.39 Å². The van der Waals surface area contributed by atoms with Crippen molar-refractivity contribution in [2.24, 2.45) is 0 Å². The van der Waals surface area contributed by atoms with E-state index in [0.717, 1.165) is 0 Å². The van der Waals surface area contributed by atoms with Crippen molar-refractivity contribution < 1.29 is 9.13 Å². The zero-order valence-electron chi connectivity index (χ0n) is 7.72. The van der Waals surface area contributed by atoms with Crippen LogP contribution in [0.25, 0.3) is 0 Å². The second-order valence-electron chi connectivity index (χ2n) is 3.56. The summed E-state index contributed by atoms with van der Waals surface area (Å²) >= 11 is 0. The van der Waals surface area contributed by atoms with Crippen LogP contribution in [0.15, 0.2) is 18.2 Å². The molecular weight excluding hydrogens is 167 g/mol. The van der Waals surface area contributed by atoms with Crippen LogP contribution in [0.1, 0.15) is 16.7 Å². The molecule has 1 nitrogen and oxygen atoms in total. The first-order valence-corrected chi connectivity index (χ1v) is 4.55. The molecule has 1 aliphatic rings. The van der Waals surface area contributed by atoms with Gasteiger partial charge in [0.05, 0.1) is 12.7 Å². The van der Waals surface area contributed by atoms with Crippen LogP contribution in [0.2, 0.25) is 0 Å². The number of hydrogen-bond donors (Lipinski definition) is 0. The highest BCUT2D eigenvalue weighted by Crippen LogP contribution is 2.21. The van der Waals surface area contributed by atoms with E-state index in [4.69, 9.17) is 4.74 Å². The molecule has 1 aromatic carbocycles. The molecule has 0 radical (unpaired) electrons. The first-order valence-electron chi connectivity index (χ1n) is 4.55. The minimum atomic E-state index is -0.382. The molecule has 0 amide bonds. The molecule has 70 valence electrons. The van der Waals surface area contributed by atoms with Crippen molar-refractivity contribution in [3.63, 3.8) is 0 Å². The van der Waals surface area contributed by atoms with E-state index < -0.39 is 0 Å². The summed E-state index contributed by atoms with van der Waals surface area (Å²) in [5, 5.41) is 0. The number of fused-ring (bicyclic) bond motifs is 1. The zero-order valence-corrected chi connectivity index (χ0v) is 7.72. The van der Waals surface area contributed by atoms with Crippen LogP contribution in [0, 0.1) is 6.92 Å². The Balaban J connectivity index is 2.26.